The quantitative estimate of drug-likeness (QED) is 0.387. The number of carbonyl (C=O) groups is 1. The number of Topliss-reactive ketones (excluding diaryl/α,β-unsaturated/α-hetero) is 1. The number of benzene rings is 3. The summed E-state index contributed by atoms with van der Waals surface area (Å²) in [6.07, 6.45) is 3.76. The van der Waals surface area contributed by atoms with E-state index in [1.54, 1.807) is 6.08 Å². The van der Waals surface area contributed by atoms with Crippen molar-refractivity contribution in [1.29, 1.82) is 0 Å². The van der Waals surface area contributed by atoms with E-state index in [4.69, 9.17) is 9.84 Å². The van der Waals surface area contributed by atoms with Gasteiger partial charge in [-0.2, -0.15) is 5.10 Å². The van der Waals surface area contributed by atoms with Crippen molar-refractivity contribution in [3.05, 3.63) is 107 Å². The molecule has 4 heteroatoms. The number of aryl methyl sites for hydroxylation is 3. The summed E-state index contributed by atoms with van der Waals surface area (Å²) < 4.78 is 7.76. The van der Waals surface area contributed by atoms with Crippen LogP contribution in [0.2, 0.25) is 0 Å². The Hall–Kier alpha value is -3.92. The number of ether oxygens (including phenoxy) is 1. The summed E-state index contributed by atoms with van der Waals surface area (Å²) in [6, 6.07) is 21.9. The molecule has 3 aromatic carbocycles. The average molecular weight is 406 g/mol. The van der Waals surface area contributed by atoms with Crippen LogP contribution in [-0.2, 0) is 0 Å². The monoisotopic (exact) mass is 406 g/mol. The van der Waals surface area contributed by atoms with Gasteiger partial charge in [0.25, 0.3) is 0 Å². The van der Waals surface area contributed by atoms with Crippen molar-refractivity contribution in [2.45, 2.75) is 20.8 Å². The molecule has 1 aliphatic heterocycles. The molecule has 2 heterocycles. The van der Waals surface area contributed by atoms with Crippen molar-refractivity contribution >= 4 is 11.9 Å². The average Bonchev–Trinajstić information content (AvgIpc) is 3.32. The van der Waals surface area contributed by atoms with Gasteiger partial charge in [-0.1, -0.05) is 47.5 Å². The van der Waals surface area contributed by atoms with Crippen molar-refractivity contribution < 1.29 is 9.53 Å². The molecule has 0 saturated heterocycles. The van der Waals surface area contributed by atoms with Crippen LogP contribution in [0.3, 0.4) is 0 Å². The Morgan fingerprint density at radius 1 is 0.871 bits per heavy atom. The molecule has 0 bridgehead atoms. The molecule has 0 unspecified atom stereocenters. The van der Waals surface area contributed by atoms with Gasteiger partial charge in [0.2, 0.25) is 5.78 Å². The molecule has 0 saturated carbocycles. The number of aromatic nitrogens is 2. The highest BCUT2D eigenvalue weighted by Crippen LogP contribution is 2.35. The summed E-state index contributed by atoms with van der Waals surface area (Å²) in [7, 11) is 0. The van der Waals surface area contributed by atoms with Crippen LogP contribution in [0.1, 0.15) is 32.6 Å². The molecular weight excluding hydrogens is 384 g/mol. The largest absolute Gasteiger partial charge is 0.452 e. The smallest absolute Gasteiger partial charge is 0.231 e. The number of hydrogen-bond donors (Lipinski definition) is 0. The molecule has 1 aliphatic rings. The highest BCUT2D eigenvalue weighted by Gasteiger charge is 2.28. The van der Waals surface area contributed by atoms with Crippen molar-refractivity contribution in [2.24, 2.45) is 0 Å². The number of allylic oxidation sites excluding steroid dienone is 1. The lowest BCUT2D eigenvalue weighted by Gasteiger charge is -2.06. The highest BCUT2D eigenvalue weighted by molar-refractivity contribution is 6.14. The van der Waals surface area contributed by atoms with E-state index in [1.807, 2.05) is 66.3 Å². The minimum absolute atomic E-state index is 0.0990. The Morgan fingerprint density at radius 2 is 1.58 bits per heavy atom. The first kappa shape index (κ1) is 19.1. The first-order valence-corrected chi connectivity index (χ1v) is 10.3. The molecule has 0 atom stereocenters. The van der Waals surface area contributed by atoms with E-state index in [2.05, 4.69) is 32.0 Å². The predicted octanol–water partition coefficient (Wildman–Crippen LogP) is 6.08. The van der Waals surface area contributed by atoms with Crippen LogP contribution in [0.25, 0.3) is 23.0 Å². The zero-order chi connectivity index (χ0) is 21.5. The number of fused-ring (bicyclic) bond motifs is 1. The SMILES string of the molecule is Cc1ccc2c(c1)C(=O)/C(=C/c1cn(-c3ccccc3)nc1-c1cc(C)ccc1C)O2. The number of nitrogens with zero attached hydrogens (tertiary/aromatic N) is 2. The molecule has 4 aromatic rings. The minimum Gasteiger partial charge on any atom is -0.452 e. The molecule has 4 nitrogen and oxygen atoms in total. The van der Waals surface area contributed by atoms with E-state index < -0.39 is 0 Å². The molecule has 0 amide bonds. The normalized spacial score (nSPS) is 14.0. The molecule has 1 aromatic heterocycles. The van der Waals surface area contributed by atoms with Gasteiger partial charge in [-0.3, -0.25) is 4.79 Å². The predicted molar refractivity (Wildman–Crippen MR) is 123 cm³/mol. The number of carbonyl (C=O) groups excluding carboxylic acids is 1. The third-order valence-electron chi connectivity index (χ3n) is 5.52. The second-order valence-electron chi connectivity index (χ2n) is 7.97. The molecule has 152 valence electrons. The summed E-state index contributed by atoms with van der Waals surface area (Å²) in [6.45, 7) is 6.11. The Balaban J connectivity index is 1.66. The number of ketones is 1. The van der Waals surface area contributed by atoms with E-state index in [0.717, 1.165) is 39.2 Å². The van der Waals surface area contributed by atoms with Gasteiger partial charge < -0.3 is 4.74 Å². The lowest BCUT2D eigenvalue weighted by atomic mass is 9.99. The Morgan fingerprint density at radius 3 is 2.35 bits per heavy atom. The second-order valence-corrected chi connectivity index (χ2v) is 7.97. The fourth-order valence-corrected chi connectivity index (χ4v) is 3.85. The third-order valence-corrected chi connectivity index (χ3v) is 5.52. The fraction of sp³-hybridized carbons (Fsp3) is 0.111. The van der Waals surface area contributed by atoms with Gasteiger partial charge >= 0.3 is 0 Å². The van der Waals surface area contributed by atoms with Gasteiger partial charge in [0.05, 0.1) is 11.3 Å². The third kappa shape index (κ3) is 3.46. The van der Waals surface area contributed by atoms with Gasteiger partial charge in [-0.05, 0) is 62.7 Å². The van der Waals surface area contributed by atoms with Crippen molar-refractivity contribution in [3.8, 4) is 22.7 Å². The molecule has 0 aliphatic carbocycles. The Bertz CT molecular complexity index is 1350. The minimum atomic E-state index is -0.0990. The molecule has 0 fully saturated rings. The molecular formula is C27H22N2O2. The highest BCUT2D eigenvalue weighted by atomic mass is 16.5. The van der Waals surface area contributed by atoms with Crippen LogP contribution in [0.4, 0.5) is 0 Å². The summed E-state index contributed by atoms with van der Waals surface area (Å²) >= 11 is 0. The summed E-state index contributed by atoms with van der Waals surface area (Å²) in [5.74, 6) is 0.823. The van der Waals surface area contributed by atoms with Gasteiger partial charge in [0, 0.05) is 17.3 Å². The number of rotatable bonds is 3. The standard InChI is InChI=1S/C27H22N2O2/c1-17-9-11-19(3)22(13-17)26-20(16-29(28-26)21-7-5-4-6-8-21)15-25-27(30)23-14-18(2)10-12-24(23)31-25/h4-16H,1-3H3/b25-15-. The zero-order valence-corrected chi connectivity index (χ0v) is 17.7. The molecule has 31 heavy (non-hydrogen) atoms. The van der Waals surface area contributed by atoms with Crippen LogP contribution in [0.15, 0.2) is 78.7 Å². The van der Waals surface area contributed by atoms with E-state index >= 15 is 0 Å². The van der Waals surface area contributed by atoms with Crippen molar-refractivity contribution in [3.63, 3.8) is 0 Å². The van der Waals surface area contributed by atoms with Crippen LogP contribution in [0.5, 0.6) is 5.75 Å². The second kappa shape index (κ2) is 7.40. The van der Waals surface area contributed by atoms with Gasteiger partial charge in [0.1, 0.15) is 11.4 Å². The molecule has 0 radical (unpaired) electrons. The van der Waals surface area contributed by atoms with Gasteiger partial charge in [-0.15, -0.1) is 0 Å². The zero-order valence-electron chi connectivity index (χ0n) is 17.7. The number of hydrogen-bond acceptors (Lipinski definition) is 3. The van der Waals surface area contributed by atoms with Crippen molar-refractivity contribution in [2.75, 3.05) is 0 Å². The summed E-state index contributed by atoms with van der Waals surface area (Å²) in [5.41, 5.74) is 7.58. The van der Waals surface area contributed by atoms with Gasteiger partial charge in [-0.25, -0.2) is 4.68 Å². The first-order chi connectivity index (χ1) is 15.0. The molecule has 5 rings (SSSR count). The maximum atomic E-state index is 13.0. The van der Waals surface area contributed by atoms with Crippen LogP contribution >= 0.6 is 0 Å². The molecule has 0 N–H and O–H groups in total. The Kier molecular flexibility index (Phi) is 4.55. The van der Waals surface area contributed by atoms with Crippen molar-refractivity contribution in [1.82, 2.24) is 9.78 Å². The van der Waals surface area contributed by atoms with E-state index in [1.165, 1.54) is 0 Å². The maximum Gasteiger partial charge on any atom is 0.231 e. The Labute approximate surface area is 181 Å². The van der Waals surface area contributed by atoms with E-state index in [9.17, 15) is 4.79 Å². The lowest BCUT2D eigenvalue weighted by molar-refractivity contribution is 0.101. The molecule has 0 spiro atoms. The van der Waals surface area contributed by atoms with Crippen LogP contribution in [-0.4, -0.2) is 15.6 Å². The van der Waals surface area contributed by atoms with E-state index in [-0.39, 0.29) is 5.78 Å². The summed E-state index contributed by atoms with van der Waals surface area (Å²) in [4.78, 5) is 13.0. The number of para-hydroxylation sites is 1. The first-order valence-electron chi connectivity index (χ1n) is 10.3. The lowest BCUT2D eigenvalue weighted by Crippen LogP contribution is -1.98. The summed E-state index contributed by atoms with van der Waals surface area (Å²) in [5, 5.41) is 4.89. The van der Waals surface area contributed by atoms with Gasteiger partial charge in [0.15, 0.2) is 5.76 Å². The van der Waals surface area contributed by atoms with E-state index in [0.29, 0.717) is 17.1 Å². The van der Waals surface area contributed by atoms with Crippen LogP contribution in [0, 0.1) is 20.8 Å². The van der Waals surface area contributed by atoms with Crippen LogP contribution < -0.4 is 4.74 Å². The maximum absolute atomic E-state index is 13.0. The topological polar surface area (TPSA) is 44.1 Å². The fourth-order valence-electron chi connectivity index (χ4n) is 3.85.